The fourth-order valence-electron chi connectivity index (χ4n) is 2.59. The maximum absolute atomic E-state index is 12.3. The summed E-state index contributed by atoms with van der Waals surface area (Å²) in [5.74, 6) is 0.721. The fourth-order valence-corrected chi connectivity index (χ4v) is 2.59. The van der Waals surface area contributed by atoms with Crippen molar-refractivity contribution in [3.8, 4) is 17.6 Å². The second-order valence-electron chi connectivity index (χ2n) is 6.09. The average Bonchev–Trinajstić information content (AvgIpc) is 2.65. The lowest BCUT2D eigenvalue weighted by molar-refractivity contribution is 0.0953. The maximum Gasteiger partial charge on any atom is 0.251 e. The lowest BCUT2D eigenvalue weighted by atomic mass is 10.0. The molecule has 0 aromatic heterocycles. The number of nitrogens with zero attached hydrogens (tertiary/aromatic N) is 1. The highest BCUT2D eigenvalue weighted by Crippen LogP contribution is 2.28. The molecule has 0 aliphatic carbocycles. The minimum atomic E-state index is -0.157. The molecule has 0 bridgehead atoms. The van der Waals surface area contributed by atoms with Gasteiger partial charge in [-0.1, -0.05) is 18.2 Å². The number of benzene rings is 2. The number of hydrogen-bond donors (Lipinski definition) is 1. The van der Waals surface area contributed by atoms with Crippen LogP contribution in [-0.4, -0.2) is 26.2 Å². The first-order valence-corrected chi connectivity index (χ1v) is 8.57. The topological polar surface area (TPSA) is 71.3 Å². The third kappa shape index (κ3) is 5.25. The molecule has 26 heavy (non-hydrogen) atoms. The van der Waals surface area contributed by atoms with Gasteiger partial charge < -0.3 is 14.8 Å². The number of nitrogens with one attached hydrogen (secondary N) is 1. The summed E-state index contributed by atoms with van der Waals surface area (Å²) in [6.07, 6.45) is 1.79. The van der Waals surface area contributed by atoms with Crippen LogP contribution >= 0.6 is 0 Å². The van der Waals surface area contributed by atoms with Crippen molar-refractivity contribution in [1.29, 1.82) is 5.26 Å². The van der Waals surface area contributed by atoms with Crippen molar-refractivity contribution in [2.45, 2.75) is 26.7 Å². The first-order chi connectivity index (χ1) is 12.5. The van der Waals surface area contributed by atoms with Gasteiger partial charge in [-0.2, -0.15) is 5.26 Å². The van der Waals surface area contributed by atoms with Gasteiger partial charge in [0.1, 0.15) is 6.07 Å². The molecule has 2 aromatic rings. The SMILES string of the molecule is COc1cc(C(=O)NCCCc2ccc(C)c(C)c2)ccc1OCC#N. The van der Waals surface area contributed by atoms with Gasteiger partial charge in [0, 0.05) is 12.1 Å². The zero-order valence-corrected chi connectivity index (χ0v) is 15.5. The molecule has 0 heterocycles. The Morgan fingerprint density at radius 3 is 2.62 bits per heavy atom. The smallest absolute Gasteiger partial charge is 0.251 e. The monoisotopic (exact) mass is 352 g/mol. The summed E-state index contributed by atoms with van der Waals surface area (Å²) in [4.78, 5) is 12.3. The van der Waals surface area contributed by atoms with E-state index in [0.29, 0.717) is 23.6 Å². The molecule has 0 saturated heterocycles. The molecule has 5 nitrogen and oxygen atoms in total. The summed E-state index contributed by atoms with van der Waals surface area (Å²) in [6.45, 7) is 4.74. The van der Waals surface area contributed by atoms with Gasteiger partial charge in [0.15, 0.2) is 18.1 Å². The van der Waals surface area contributed by atoms with Gasteiger partial charge in [0.25, 0.3) is 5.91 Å². The fraction of sp³-hybridized carbons (Fsp3) is 0.333. The van der Waals surface area contributed by atoms with Crippen LogP contribution in [0.25, 0.3) is 0 Å². The summed E-state index contributed by atoms with van der Waals surface area (Å²) < 4.78 is 10.5. The highest BCUT2D eigenvalue weighted by Gasteiger charge is 2.11. The third-order valence-electron chi connectivity index (χ3n) is 4.22. The molecule has 0 fully saturated rings. The third-order valence-corrected chi connectivity index (χ3v) is 4.22. The summed E-state index contributed by atoms with van der Waals surface area (Å²) in [5, 5.41) is 11.5. The minimum absolute atomic E-state index is 0.0691. The van der Waals surface area contributed by atoms with Crippen LogP contribution in [0.5, 0.6) is 11.5 Å². The van der Waals surface area contributed by atoms with Gasteiger partial charge in [-0.05, 0) is 61.6 Å². The lowest BCUT2D eigenvalue weighted by Gasteiger charge is -2.11. The molecule has 0 atom stereocenters. The van der Waals surface area contributed by atoms with Crippen molar-refractivity contribution in [1.82, 2.24) is 5.32 Å². The van der Waals surface area contributed by atoms with Crippen LogP contribution in [0.1, 0.15) is 33.5 Å². The lowest BCUT2D eigenvalue weighted by Crippen LogP contribution is -2.24. The molecular weight excluding hydrogens is 328 g/mol. The number of carbonyl (C=O) groups is 1. The van der Waals surface area contributed by atoms with Gasteiger partial charge in [-0.15, -0.1) is 0 Å². The Bertz CT molecular complexity index is 809. The van der Waals surface area contributed by atoms with Gasteiger partial charge in [0.2, 0.25) is 0 Å². The summed E-state index contributed by atoms with van der Waals surface area (Å²) in [7, 11) is 1.50. The molecule has 0 spiro atoms. The van der Waals surface area contributed by atoms with Crippen molar-refractivity contribution in [3.63, 3.8) is 0 Å². The molecule has 0 saturated carbocycles. The minimum Gasteiger partial charge on any atom is -0.493 e. The van der Waals surface area contributed by atoms with Crippen LogP contribution in [0.3, 0.4) is 0 Å². The van der Waals surface area contributed by atoms with E-state index in [1.807, 2.05) is 6.07 Å². The Kier molecular flexibility index (Phi) is 7.04. The van der Waals surface area contributed by atoms with Crippen molar-refractivity contribution >= 4 is 5.91 Å². The van der Waals surface area contributed by atoms with E-state index in [2.05, 4.69) is 37.4 Å². The standard InChI is InChI=1S/C21H24N2O3/c1-15-6-7-17(13-16(15)2)5-4-11-23-21(24)18-8-9-19(26-12-10-22)20(14-18)25-3/h6-9,13-14H,4-5,11-12H2,1-3H3,(H,23,24). The molecule has 0 aliphatic rings. The predicted molar refractivity (Wildman–Crippen MR) is 101 cm³/mol. The van der Waals surface area contributed by atoms with Crippen LogP contribution in [0, 0.1) is 25.2 Å². The zero-order valence-electron chi connectivity index (χ0n) is 15.5. The van der Waals surface area contributed by atoms with Gasteiger partial charge in [-0.3, -0.25) is 4.79 Å². The van der Waals surface area contributed by atoms with Crippen molar-refractivity contribution in [2.24, 2.45) is 0 Å². The molecule has 0 aliphatic heterocycles. The van der Waals surface area contributed by atoms with E-state index in [1.165, 1.54) is 23.8 Å². The van der Waals surface area contributed by atoms with Crippen LogP contribution < -0.4 is 14.8 Å². The summed E-state index contributed by atoms with van der Waals surface area (Å²) >= 11 is 0. The number of methoxy groups -OCH3 is 1. The van der Waals surface area contributed by atoms with Crippen LogP contribution in [-0.2, 0) is 6.42 Å². The molecule has 136 valence electrons. The van der Waals surface area contributed by atoms with E-state index in [-0.39, 0.29) is 12.5 Å². The van der Waals surface area contributed by atoms with Gasteiger partial charge in [0.05, 0.1) is 7.11 Å². The van der Waals surface area contributed by atoms with E-state index < -0.39 is 0 Å². The quantitative estimate of drug-likeness (QED) is 0.737. The number of carbonyl (C=O) groups excluding carboxylic acids is 1. The molecule has 2 aromatic carbocycles. The molecule has 1 N–H and O–H groups in total. The first-order valence-electron chi connectivity index (χ1n) is 8.57. The second-order valence-corrected chi connectivity index (χ2v) is 6.09. The van der Waals surface area contributed by atoms with E-state index in [1.54, 1.807) is 18.2 Å². The van der Waals surface area contributed by atoms with E-state index in [4.69, 9.17) is 14.7 Å². The number of ether oxygens (including phenoxy) is 2. The highest BCUT2D eigenvalue weighted by atomic mass is 16.5. The van der Waals surface area contributed by atoms with E-state index >= 15 is 0 Å². The number of nitriles is 1. The zero-order chi connectivity index (χ0) is 18.9. The van der Waals surface area contributed by atoms with Gasteiger partial charge in [-0.25, -0.2) is 0 Å². The maximum atomic E-state index is 12.3. The molecule has 0 unspecified atom stereocenters. The molecule has 1 amide bonds. The van der Waals surface area contributed by atoms with Gasteiger partial charge >= 0.3 is 0 Å². The Hall–Kier alpha value is -3.00. The Labute approximate surface area is 154 Å². The Balaban J connectivity index is 1.87. The normalized spacial score (nSPS) is 10.1. The first kappa shape index (κ1) is 19.3. The Morgan fingerprint density at radius 1 is 1.12 bits per heavy atom. The highest BCUT2D eigenvalue weighted by molar-refractivity contribution is 5.94. The predicted octanol–water partition coefficient (Wildman–Crippen LogP) is 3.58. The number of aryl methyl sites for hydroxylation is 3. The molecular formula is C21H24N2O3. The average molecular weight is 352 g/mol. The number of hydrogen-bond acceptors (Lipinski definition) is 4. The largest absolute Gasteiger partial charge is 0.493 e. The summed E-state index contributed by atoms with van der Waals surface area (Å²) in [5.41, 5.74) is 4.36. The van der Waals surface area contributed by atoms with E-state index in [0.717, 1.165) is 12.8 Å². The number of rotatable bonds is 8. The molecule has 0 radical (unpaired) electrons. The van der Waals surface area contributed by atoms with Crippen molar-refractivity contribution in [3.05, 3.63) is 58.7 Å². The number of amides is 1. The summed E-state index contributed by atoms with van der Waals surface area (Å²) in [6, 6.07) is 13.3. The molecule has 5 heteroatoms. The van der Waals surface area contributed by atoms with Crippen LogP contribution in [0.15, 0.2) is 36.4 Å². The van der Waals surface area contributed by atoms with Crippen LogP contribution in [0.4, 0.5) is 0 Å². The van der Waals surface area contributed by atoms with E-state index in [9.17, 15) is 4.79 Å². The van der Waals surface area contributed by atoms with Crippen molar-refractivity contribution < 1.29 is 14.3 Å². The van der Waals surface area contributed by atoms with Crippen molar-refractivity contribution in [2.75, 3.05) is 20.3 Å². The Morgan fingerprint density at radius 2 is 1.92 bits per heavy atom. The second kappa shape index (κ2) is 9.47. The molecule has 2 rings (SSSR count). The van der Waals surface area contributed by atoms with Crippen LogP contribution in [0.2, 0.25) is 0 Å².